The standard InChI is InChI=1S/C17H23N3O3/c1-11(21)20-12-9-17(2)14(5-3-4-6-15(17)20)19(10-12)16(22)13-7-8-18-23-13/h7-8,12,14-15H,3-6,9-10H2,1-2H3/t12-,14+,15-,17+/m0/s1. The molecule has 1 aromatic heterocycles. The van der Waals surface area contributed by atoms with Crippen LogP contribution in [0, 0.1) is 5.41 Å². The molecule has 6 nitrogen and oxygen atoms in total. The lowest BCUT2D eigenvalue weighted by Crippen LogP contribution is -2.55. The molecule has 3 fully saturated rings. The molecule has 0 spiro atoms. The Labute approximate surface area is 135 Å². The van der Waals surface area contributed by atoms with E-state index >= 15 is 0 Å². The van der Waals surface area contributed by atoms with Gasteiger partial charge in [0, 0.05) is 37.0 Å². The molecule has 6 heteroatoms. The van der Waals surface area contributed by atoms with Crippen molar-refractivity contribution in [3.63, 3.8) is 0 Å². The van der Waals surface area contributed by atoms with Crippen molar-refractivity contribution >= 4 is 11.8 Å². The second-order valence-electron chi connectivity index (χ2n) is 7.44. The van der Waals surface area contributed by atoms with Gasteiger partial charge in [0.15, 0.2) is 0 Å². The fourth-order valence-corrected chi connectivity index (χ4v) is 5.33. The molecular formula is C17H23N3O3. The number of carbonyl (C=O) groups excluding carboxylic acids is 2. The Hall–Kier alpha value is -1.85. The monoisotopic (exact) mass is 317 g/mol. The smallest absolute Gasteiger partial charge is 0.292 e. The fourth-order valence-electron chi connectivity index (χ4n) is 5.33. The third-order valence-electron chi connectivity index (χ3n) is 6.19. The van der Waals surface area contributed by atoms with Gasteiger partial charge in [-0.05, 0) is 19.3 Å². The Balaban J connectivity index is 1.74. The summed E-state index contributed by atoms with van der Waals surface area (Å²) in [6, 6.07) is 2.18. The largest absolute Gasteiger partial charge is 0.351 e. The van der Waals surface area contributed by atoms with E-state index in [-0.39, 0.29) is 35.4 Å². The highest BCUT2D eigenvalue weighted by atomic mass is 16.5. The van der Waals surface area contributed by atoms with E-state index < -0.39 is 0 Å². The maximum atomic E-state index is 12.9. The molecule has 1 aliphatic carbocycles. The first-order chi connectivity index (χ1) is 11.0. The van der Waals surface area contributed by atoms with E-state index in [0.29, 0.717) is 12.3 Å². The average molecular weight is 317 g/mol. The SMILES string of the molecule is CC(=O)N1[C@@H]2CN(C(=O)c3ccno3)[C@@H]3CCCC[C@H]1[C@]3(C)C2. The minimum atomic E-state index is -0.0884. The van der Waals surface area contributed by atoms with Crippen LogP contribution in [-0.2, 0) is 4.79 Å². The summed E-state index contributed by atoms with van der Waals surface area (Å²) in [5.74, 6) is 0.345. The molecule has 124 valence electrons. The number of piperidine rings is 1. The number of carbonyl (C=O) groups is 2. The summed E-state index contributed by atoms with van der Waals surface area (Å²) in [7, 11) is 0. The highest BCUT2D eigenvalue weighted by Crippen LogP contribution is 2.53. The molecule has 1 saturated carbocycles. The highest BCUT2D eigenvalue weighted by Gasteiger charge is 2.60. The van der Waals surface area contributed by atoms with Gasteiger partial charge in [-0.25, -0.2) is 0 Å². The molecule has 0 unspecified atom stereocenters. The topological polar surface area (TPSA) is 66.7 Å². The van der Waals surface area contributed by atoms with E-state index in [1.807, 2.05) is 4.90 Å². The number of hydrogen-bond donors (Lipinski definition) is 0. The highest BCUT2D eigenvalue weighted by molar-refractivity contribution is 5.92. The Morgan fingerprint density at radius 1 is 1.30 bits per heavy atom. The third kappa shape index (κ3) is 2.03. The van der Waals surface area contributed by atoms with Crippen molar-refractivity contribution in [3.8, 4) is 0 Å². The van der Waals surface area contributed by atoms with Gasteiger partial charge >= 0.3 is 0 Å². The predicted octanol–water partition coefficient (Wildman–Crippen LogP) is 2.07. The molecule has 4 rings (SSSR count). The molecule has 2 saturated heterocycles. The zero-order chi connectivity index (χ0) is 16.2. The lowest BCUT2D eigenvalue weighted by molar-refractivity contribution is -0.132. The zero-order valence-electron chi connectivity index (χ0n) is 13.7. The van der Waals surface area contributed by atoms with Gasteiger partial charge in [0.25, 0.3) is 5.91 Å². The number of rotatable bonds is 1. The molecular weight excluding hydrogens is 294 g/mol. The van der Waals surface area contributed by atoms with E-state index in [1.165, 1.54) is 6.20 Å². The second-order valence-corrected chi connectivity index (χ2v) is 7.44. The van der Waals surface area contributed by atoms with Crippen LogP contribution in [-0.4, -0.2) is 51.4 Å². The molecule has 2 bridgehead atoms. The van der Waals surface area contributed by atoms with Gasteiger partial charge < -0.3 is 14.3 Å². The van der Waals surface area contributed by atoms with Crippen LogP contribution in [0.1, 0.15) is 56.5 Å². The zero-order valence-corrected chi connectivity index (χ0v) is 13.7. The van der Waals surface area contributed by atoms with E-state index in [4.69, 9.17) is 4.52 Å². The van der Waals surface area contributed by atoms with Crippen molar-refractivity contribution in [2.45, 2.75) is 64.1 Å². The number of aromatic nitrogens is 1. The molecule has 3 aliphatic rings. The van der Waals surface area contributed by atoms with Crippen LogP contribution in [0.5, 0.6) is 0 Å². The summed E-state index contributed by atoms with van der Waals surface area (Å²) in [4.78, 5) is 29.2. The molecule has 23 heavy (non-hydrogen) atoms. The summed E-state index contributed by atoms with van der Waals surface area (Å²) in [6.07, 6.45) is 6.79. The minimum absolute atomic E-state index is 0.0131. The number of fused-ring (bicyclic) bond motifs is 1. The average Bonchev–Trinajstić information content (AvgIpc) is 3.07. The summed E-state index contributed by atoms with van der Waals surface area (Å²) in [6.45, 7) is 4.53. The molecule has 1 aromatic rings. The fraction of sp³-hybridized carbons (Fsp3) is 0.706. The van der Waals surface area contributed by atoms with E-state index in [2.05, 4.69) is 17.0 Å². The summed E-state index contributed by atoms with van der Waals surface area (Å²) < 4.78 is 5.09. The number of nitrogens with zero attached hydrogens (tertiary/aromatic N) is 3. The first-order valence-corrected chi connectivity index (χ1v) is 8.53. The van der Waals surface area contributed by atoms with Gasteiger partial charge in [-0.15, -0.1) is 0 Å². The molecule has 3 heterocycles. The number of hydrogen-bond acceptors (Lipinski definition) is 4. The van der Waals surface area contributed by atoms with Gasteiger partial charge in [-0.1, -0.05) is 24.9 Å². The summed E-state index contributed by atoms with van der Waals surface area (Å²) >= 11 is 0. The van der Waals surface area contributed by atoms with Crippen molar-refractivity contribution in [2.75, 3.05) is 6.54 Å². The van der Waals surface area contributed by atoms with E-state index in [0.717, 1.165) is 32.1 Å². The summed E-state index contributed by atoms with van der Waals surface area (Å²) in [5.41, 5.74) is -0.0131. The van der Waals surface area contributed by atoms with Crippen LogP contribution in [0.4, 0.5) is 0 Å². The molecule has 0 N–H and O–H groups in total. The van der Waals surface area contributed by atoms with Crippen LogP contribution in [0.15, 0.2) is 16.8 Å². The van der Waals surface area contributed by atoms with Gasteiger partial charge in [-0.2, -0.15) is 0 Å². The molecule has 0 aromatic carbocycles. The Kier molecular flexibility index (Phi) is 3.25. The third-order valence-corrected chi connectivity index (χ3v) is 6.19. The van der Waals surface area contributed by atoms with Gasteiger partial charge in [0.05, 0.1) is 12.2 Å². The van der Waals surface area contributed by atoms with Crippen LogP contribution in [0.25, 0.3) is 0 Å². The Morgan fingerprint density at radius 2 is 2.04 bits per heavy atom. The number of amides is 2. The van der Waals surface area contributed by atoms with Crippen molar-refractivity contribution < 1.29 is 14.1 Å². The van der Waals surface area contributed by atoms with Crippen molar-refractivity contribution in [1.82, 2.24) is 15.0 Å². The van der Waals surface area contributed by atoms with Crippen LogP contribution in [0.2, 0.25) is 0 Å². The van der Waals surface area contributed by atoms with Crippen LogP contribution >= 0.6 is 0 Å². The molecule has 4 atom stereocenters. The van der Waals surface area contributed by atoms with Crippen LogP contribution < -0.4 is 0 Å². The Morgan fingerprint density at radius 3 is 2.70 bits per heavy atom. The van der Waals surface area contributed by atoms with Gasteiger partial charge in [0.1, 0.15) is 0 Å². The quantitative estimate of drug-likeness (QED) is 0.795. The molecule has 2 amide bonds. The normalized spacial score (nSPS) is 36.0. The maximum Gasteiger partial charge on any atom is 0.292 e. The number of likely N-dealkylation sites (tertiary alicyclic amines) is 2. The van der Waals surface area contributed by atoms with Crippen molar-refractivity contribution in [1.29, 1.82) is 0 Å². The van der Waals surface area contributed by atoms with Gasteiger partial charge in [0.2, 0.25) is 11.7 Å². The van der Waals surface area contributed by atoms with E-state index in [9.17, 15) is 9.59 Å². The second kappa shape index (κ2) is 5.08. The summed E-state index contributed by atoms with van der Waals surface area (Å²) in [5, 5.41) is 3.66. The lowest BCUT2D eigenvalue weighted by Gasteiger charge is -2.45. The lowest BCUT2D eigenvalue weighted by atomic mass is 9.71. The van der Waals surface area contributed by atoms with Crippen LogP contribution in [0.3, 0.4) is 0 Å². The Bertz CT molecular complexity index is 629. The maximum absolute atomic E-state index is 12.9. The van der Waals surface area contributed by atoms with E-state index in [1.54, 1.807) is 13.0 Å². The van der Waals surface area contributed by atoms with Gasteiger partial charge in [-0.3, -0.25) is 9.59 Å². The molecule has 0 radical (unpaired) electrons. The van der Waals surface area contributed by atoms with Crippen molar-refractivity contribution in [3.05, 3.63) is 18.0 Å². The van der Waals surface area contributed by atoms with Crippen molar-refractivity contribution in [2.24, 2.45) is 5.41 Å². The minimum Gasteiger partial charge on any atom is -0.351 e. The first-order valence-electron chi connectivity index (χ1n) is 8.53. The molecule has 2 aliphatic heterocycles. The predicted molar refractivity (Wildman–Crippen MR) is 82.6 cm³/mol. The first kappa shape index (κ1) is 14.7.